The van der Waals surface area contributed by atoms with Gasteiger partial charge in [0.05, 0.1) is 19.0 Å². The molecule has 0 saturated carbocycles. The smallest absolute Gasteiger partial charge is 0.264 e. The molecule has 0 aromatic rings. The second-order valence-electron chi connectivity index (χ2n) is 2.98. The summed E-state index contributed by atoms with van der Waals surface area (Å²) in [6.45, 7) is 0.619. The number of aliphatic hydroxyl groups excluding tert-OH is 1. The molecule has 2 atom stereocenters. The van der Waals surface area contributed by atoms with Gasteiger partial charge in [0, 0.05) is 12.6 Å². The van der Waals surface area contributed by atoms with Crippen molar-refractivity contribution >= 4 is 10.1 Å². The van der Waals surface area contributed by atoms with Crippen LogP contribution in [0, 0.1) is 0 Å². The zero-order chi connectivity index (χ0) is 9.19. The van der Waals surface area contributed by atoms with Crippen LogP contribution in [0.15, 0.2) is 0 Å². The molecule has 0 unspecified atom stereocenters. The summed E-state index contributed by atoms with van der Waals surface area (Å²) >= 11 is 0. The molecule has 0 aromatic heterocycles. The molecule has 0 bridgehead atoms. The number of aliphatic hydroxyl groups is 1. The average molecular weight is 195 g/mol. The van der Waals surface area contributed by atoms with Gasteiger partial charge >= 0.3 is 0 Å². The normalized spacial score (nSPS) is 30.8. The fraction of sp³-hybridized carbons (Fsp3) is 1.00. The van der Waals surface area contributed by atoms with E-state index in [1.807, 2.05) is 0 Å². The zero-order valence-corrected chi connectivity index (χ0v) is 7.67. The summed E-state index contributed by atoms with van der Waals surface area (Å²) in [6, 6.07) is -0.0466. The number of rotatable bonds is 3. The molecule has 0 aromatic carbocycles. The van der Waals surface area contributed by atoms with Crippen LogP contribution in [0.4, 0.5) is 0 Å². The van der Waals surface area contributed by atoms with Crippen molar-refractivity contribution < 1.29 is 17.7 Å². The van der Waals surface area contributed by atoms with Crippen LogP contribution in [0.3, 0.4) is 0 Å². The maximum Gasteiger partial charge on any atom is 0.264 e. The van der Waals surface area contributed by atoms with E-state index in [0.29, 0.717) is 13.0 Å². The first-order valence-electron chi connectivity index (χ1n) is 3.73. The number of β-amino-alcohol motifs (C(OH)–C–C–N with tert-alkyl or cyclic N) is 1. The van der Waals surface area contributed by atoms with Gasteiger partial charge in [-0.3, -0.25) is 4.18 Å². The Balaban J connectivity index is 2.25. The molecule has 0 spiro atoms. The fourth-order valence-electron chi connectivity index (χ4n) is 1.13. The number of hydrogen-bond acceptors (Lipinski definition) is 5. The lowest BCUT2D eigenvalue weighted by molar-refractivity contribution is 0.187. The van der Waals surface area contributed by atoms with Crippen molar-refractivity contribution in [3.05, 3.63) is 0 Å². The molecule has 1 aliphatic heterocycles. The molecule has 1 rings (SSSR count). The Hall–Kier alpha value is -0.170. The van der Waals surface area contributed by atoms with Crippen LogP contribution >= 0.6 is 0 Å². The van der Waals surface area contributed by atoms with Gasteiger partial charge in [0.25, 0.3) is 10.1 Å². The van der Waals surface area contributed by atoms with Gasteiger partial charge in [-0.1, -0.05) is 0 Å². The molecule has 72 valence electrons. The van der Waals surface area contributed by atoms with Crippen LogP contribution in [0.2, 0.25) is 0 Å². The van der Waals surface area contributed by atoms with Crippen molar-refractivity contribution in [1.29, 1.82) is 0 Å². The minimum absolute atomic E-state index is 0.0466. The van der Waals surface area contributed by atoms with E-state index in [1.54, 1.807) is 0 Å². The molecule has 6 heteroatoms. The van der Waals surface area contributed by atoms with Crippen LogP contribution in [0.1, 0.15) is 6.42 Å². The highest BCUT2D eigenvalue weighted by Gasteiger charge is 2.23. The predicted molar refractivity (Wildman–Crippen MR) is 43.2 cm³/mol. The van der Waals surface area contributed by atoms with Gasteiger partial charge in [-0.25, -0.2) is 0 Å². The fourth-order valence-corrected chi connectivity index (χ4v) is 1.54. The monoisotopic (exact) mass is 195 g/mol. The van der Waals surface area contributed by atoms with E-state index in [4.69, 9.17) is 5.11 Å². The van der Waals surface area contributed by atoms with E-state index in [9.17, 15) is 8.42 Å². The summed E-state index contributed by atoms with van der Waals surface area (Å²) in [6.07, 6.45) is 1.19. The van der Waals surface area contributed by atoms with E-state index in [2.05, 4.69) is 9.50 Å². The van der Waals surface area contributed by atoms with Crippen molar-refractivity contribution in [1.82, 2.24) is 5.32 Å². The van der Waals surface area contributed by atoms with Crippen molar-refractivity contribution in [3.8, 4) is 0 Å². The minimum atomic E-state index is -3.35. The number of nitrogens with one attached hydrogen (secondary N) is 1. The molecule has 0 amide bonds. The quantitative estimate of drug-likeness (QED) is 0.547. The average Bonchev–Trinajstić information content (AvgIpc) is 2.30. The summed E-state index contributed by atoms with van der Waals surface area (Å²) in [5.41, 5.74) is 0. The molecule has 0 aliphatic carbocycles. The third kappa shape index (κ3) is 3.48. The molecule has 1 fully saturated rings. The SMILES string of the molecule is CS(=O)(=O)OC[C@@H]1C[C@@H](O)CN1. The molecular weight excluding hydrogens is 182 g/mol. The highest BCUT2D eigenvalue weighted by Crippen LogP contribution is 2.07. The predicted octanol–water partition coefficient (Wildman–Crippen LogP) is -1.31. The Morgan fingerprint density at radius 3 is 2.75 bits per heavy atom. The van der Waals surface area contributed by atoms with Crippen LogP contribution in [0.5, 0.6) is 0 Å². The van der Waals surface area contributed by atoms with Crippen LogP contribution in [-0.2, 0) is 14.3 Å². The van der Waals surface area contributed by atoms with Crippen molar-refractivity contribution in [2.24, 2.45) is 0 Å². The molecule has 1 aliphatic rings. The summed E-state index contributed by atoms with van der Waals surface area (Å²) < 4.78 is 25.7. The summed E-state index contributed by atoms with van der Waals surface area (Å²) in [7, 11) is -3.35. The van der Waals surface area contributed by atoms with Crippen molar-refractivity contribution in [3.63, 3.8) is 0 Å². The topological polar surface area (TPSA) is 75.6 Å². The van der Waals surface area contributed by atoms with Gasteiger partial charge in [-0.15, -0.1) is 0 Å². The van der Waals surface area contributed by atoms with Crippen LogP contribution < -0.4 is 5.32 Å². The Bertz CT molecular complexity index is 238. The zero-order valence-electron chi connectivity index (χ0n) is 6.86. The van der Waals surface area contributed by atoms with E-state index in [-0.39, 0.29) is 18.8 Å². The summed E-state index contributed by atoms with van der Waals surface area (Å²) in [5.74, 6) is 0. The third-order valence-corrected chi connectivity index (χ3v) is 2.25. The first-order valence-corrected chi connectivity index (χ1v) is 5.55. The van der Waals surface area contributed by atoms with E-state index in [0.717, 1.165) is 6.26 Å². The lowest BCUT2D eigenvalue weighted by Gasteiger charge is -2.08. The molecule has 1 heterocycles. The van der Waals surface area contributed by atoms with E-state index < -0.39 is 10.1 Å². The largest absolute Gasteiger partial charge is 0.392 e. The molecular formula is C6H13NO4S. The lowest BCUT2D eigenvalue weighted by atomic mass is 10.2. The molecule has 1 saturated heterocycles. The molecule has 5 nitrogen and oxygen atoms in total. The highest BCUT2D eigenvalue weighted by atomic mass is 32.2. The van der Waals surface area contributed by atoms with Crippen molar-refractivity contribution in [2.45, 2.75) is 18.6 Å². The lowest BCUT2D eigenvalue weighted by Crippen LogP contribution is -2.27. The Kier molecular flexibility index (Phi) is 3.05. The summed E-state index contributed by atoms with van der Waals surface area (Å²) in [4.78, 5) is 0. The molecule has 0 radical (unpaired) electrons. The van der Waals surface area contributed by atoms with Gasteiger partial charge in [-0.2, -0.15) is 8.42 Å². The molecule has 2 N–H and O–H groups in total. The van der Waals surface area contributed by atoms with Gasteiger partial charge in [0.2, 0.25) is 0 Å². The maximum atomic E-state index is 10.6. The Labute approximate surface area is 71.9 Å². The molecule has 12 heavy (non-hydrogen) atoms. The van der Waals surface area contributed by atoms with Gasteiger partial charge in [0.1, 0.15) is 0 Å². The van der Waals surface area contributed by atoms with E-state index in [1.165, 1.54) is 0 Å². The van der Waals surface area contributed by atoms with Crippen LogP contribution in [0.25, 0.3) is 0 Å². The Morgan fingerprint density at radius 2 is 2.33 bits per heavy atom. The van der Waals surface area contributed by atoms with Gasteiger partial charge < -0.3 is 10.4 Å². The van der Waals surface area contributed by atoms with Gasteiger partial charge in [0.15, 0.2) is 0 Å². The standard InChI is InChI=1S/C6H13NO4S/c1-12(9,10)11-4-5-2-6(8)3-7-5/h5-8H,2-4H2,1H3/t5-,6+/m0/s1. The number of hydrogen-bond donors (Lipinski definition) is 2. The first kappa shape index (κ1) is 9.91. The van der Waals surface area contributed by atoms with Crippen molar-refractivity contribution in [2.75, 3.05) is 19.4 Å². The third-order valence-electron chi connectivity index (χ3n) is 1.68. The van der Waals surface area contributed by atoms with E-state index >= 15 is 0 Å². The second kappa shape index (κ2) is 3.69. The minimum Gasteiger partial charge on any atom is -0.392 e. The Morgan fingerprint density at radius 1 is 1.67 bits per heavy atom. The van der Waals surface area contributed by atoms with Gasteiger partial charge in [-0.05, 0) is 6.42 Å². The summed E-state index contributed by atoms with van der Waals surface area (Å²) in [5, 5.41) is 12.0. The highest BCUT2D eigenvalue weighted by molar-refractivity contribution is 7.85. The maximum absolute atomic E-state index is 10.6. The first-order chi connectivity index (χ1) is 5.47. The van der Waals surface area contributed by atoms with Crippen LogP contribution in [-0.4, -0.2) is 45.1 Å². The second-order valence-corrected chi connectivity index (χ2v) is 4.63.